The Hall–Kier alpha value is -4.04. The largest absolute Gasteiger partial charge is 0.462 e. The quantitative estimate of drug-likeness (QED) is 0.313. The molecule has 0 aromatic carbocycles. The number of halogens is 1. The molecule has 3 aromatic rings. The minimum Gasteiger partial charge on any atom is -0.462 e. The Kier molecular flexibility index (Phi) is 8.22. The molecule has 0 spiro atoms. The molecule has 0 saturated heterocycles. The van der Waals surface area contributed by atoms with Crippen molar-refractivity contribution in [3.63, 3.8) is 0 Å². The molecule has 1 amide bonds. The molecule has 3 aromatic heterocycles. The zero-order chi connectivity index (χ0) is 29.1. The van der Waals surface area contributed by atoms with E-state index in [1.807, 2.05) is 12.1 Å². The molecule has 3 heterocycles. The van der Waals surface area contributed by atoms with Gasteiger partial charge in [-0.1, -0.05) is 0 Å². The Morgan fingerprint density at radius 3 is 2.63 bits per heavy atom. The Bertz CT molecular complexity index is 1460. The fourth-order valence-electron chi connectivity index (χ4n) is 5.01. The lowest BCUT2D eigenvalue weighted by Crippen LogP contribution is -2.42. The highest BCUT2D eigenvalue weighted by Gasteiger charge is 2.30. The van der Waals surface area contributed by atoms with Gasteiger partial charge in [-0.25, -0.2) is 8.91 Å². The first-order valence-corrected chi connectivity index (χ1v) is 14.1. The summed E-state index contributed by atoms with van der Waals surface area (Å²) in [6.45, 7) is 2.35. The van der Waals surface area contributed by atoms with E-state index in [9.17, 15) is 24.3 Å². The third kappa shape index (κ3) is 7.00. The highest BCUT2D eigenvalue weighted by atomic mass is 19.1. The van der Waals surface area contributed by atoms with Crippen molar-refractivity contribution in [2.24, 2.45) is 5.92 Å². The third-order valence-corrected chi connectivity index (χ3v) is 7.73. The number of esters is 1. The van der Waals surface area contributed by atoms with Crippen molar-refractivity contribution >= 4 is 23.1 Å². The third-order valence-electron chi connectivity index (χ3n) is 7.73. The number of rotatable bonds is 10. The number of amides is 1. The monoisotopic (exact) mass is 562 g/mol. The number of pyridine rings is 1. The second-order valence-corrected chi connectivity index (χ2v) is 11.6. The maximum Gasteiger partial charge on any atom is 0.306 e. The van der Waals surface area contributed by atoms with Crippen LogP contribution in [-0.2, 0) is 9.53 Å². The van der Waals surface area contributed by atoms with Crippen LogP contribution in [0.5, 0.6) is 0 Å². The van der Waals surface area contributed by atoms with E-state index >= 15 is 0 Å². The van der Waals surface area contributed by atoms with Crippen LogP contribution >= 0.6 is 0 Å². The number of ether oxygens (including phenoxy) is 1. The van der Waals surface area contributed by atoms with E-state index in [0.29, 0.717) is 35.0 Å². The van der Waals surface area contributed by atoms with Crippen LogP contribution in [0.3, 0.4) is 0 Å². The predicted octanol–water partition coefficient (Wildman–Crippen LogP) is 4.17. The van der Waals surface area contributed by atoms with Crippen molar-refractivity contribution in [1.29, 1.82) is 5.26 Å². The molecule has 11 heteroatoms. The number of hydrogen-bond acceptors (Lipinski definition) is 8. The van der Waals surface area contributed by atoms with Gasteiger partial charge in [0.05, 0.1) is 52.1 Å². The average Bonchev–Trinajstić information content (AvgIpc) is 3.66. The zero-order valence-corrected chi connectivity index (χ0v) is 23.3. The number of carbonyl (C=O) groups is 2. The highest BCUT2D eigenvalue weighted by molar-refractivity contribution is 6.00. The molecular weight excluding hydrogens is 527 g/mol. The van der Waals surface area contributed by atoms with Gasteiger partial charge in [0.2, 0.25) is 0 Å². The number of fused-ring (bicyclic) bond motifs is 1. The van der Waals surface area contributed by atoms with E-state index < -0.39 is 17.7 Å². The van der Waals surface area contributed by atoms with Crippen molar-refractivity contribution in [3.8, 4) is 17.5 Å². The maximum atomic E-state index is 14.4. The molecule has 2 saturated carbocycles. The topological polar surface area (TPSA) is 142 Å². The first-order valence-electron chi connectivity index (χ1n) is 14.1. The fourth-order valence-corrected chi connectivity index (χ4v) is 5.01. The normalized spacial score (nSPS) is 19.8. The summed E-state index contributed by atoms with van der Waals surface area (Å²) in [5.41, 5.74) is 1.59. The average molecular weight is 563 g/mol. The summed E-state index contributed by atoms with van der Waals surface area (Å²) < 4.78 is 21.7. The summed E-state index contributed by atoms with van der Waals surface area (Å²) in [7, 11) is 0. The summed E-state index contributed by atoms with van der Waals surface area (Å²) in [5.74, 6) is -0.143. The second-order valence-electron chi connectivity index (χ2n) is 11.6. The summed E-state index contributed by atoms with van der Waals surface area (Å²) in [5, 5.41) is 29.5. The van der Waals surface area contributed by atoms with E-state index in [1.54, 1.807) is 16.6 Å². The molecule has 3 N–H and O–H groups in total. The van der Waals surface area contributed by atoms with Crippen LogP contribution in [0.1, 0.15) is 74.7 Å². The Balaban J connectivity index is 1.34. The number of aliphatic hydroxyl groups is 1. The molecule has 0 bridgehead atoms. The molecule has 2 fully saturated rings. The molecule has 0 unspecified atom stereocenters. The first-order chi connectivity index (χ1) is 19.6. The van der Waals surface area contributed by atoms with Crippen molar-refractivity contribution in [2.45, 2.75) is 82.7 Å². The number of anilines is 1. The number of nitrogens with zero attached hydrogens (tertiary/aromatic N) is 4. The lowest BCUT2D eigenvalue weighted by atomic mass is 9.92. The number of nitriles is 1. The SMILES string of the molecule is CC(C)(O)[C@H](F)CNC(=O)c1cnc(-c2ccc3cc(C#N)cnn23)cc1NC1CCC(OC(=O)CC2CC2)CC1. The van der Waals surface area contributed by atoms with E-state index in [2.05, 4.69) is 26.8 Å². The fraction of sp³-hybridized carbons (Fsp3) is 0.500. The molecular formula is C30H35FN6O4. The van der Waals surface area contributed by atoms with Crippen LogP contribution in [0.25, 0.3) is 16.9 Å². The number of hydrogen-bond donors (Lipinski definition) is 3. The summed E-state index contributed by atoms with van der Waals surface area (Å²) in [6, 6.07) is 9.28. The van der Waals surface area contributed by atoms with Gasteiger partial charge in [-0.3, -0.25) is 14.6 Å². The van der Waals surface area contributed by atoms with Gasteiger partial charge in [0.25, 0.3) is 5.91 Å². The van der Waals surface area contributed by atoms with Gasteiger partial charge in [0.1, 0.15) is 18.3 Å². The van der Waals surface area contributed by atoms with Crippen LogP contribution in [0, 0.1) is 17.2 Å². The molecule has 2 aliphatic rings. The van der Waals surface area contributed by atoms with Crippen molar-refractivity contribution in [2.75, 3.05) is 11.9 Å². The van der Waals surface area contributed by atoms with E-state index in [4.69, 9.17) is 4.74 Å². The van der Waals surface area contributed by atoms with Crippen molar-refractivity contribution in [1.82, 2.24) is 19.9 Å². The molecule has 41 heavy (non-hydrogen) atoms. The van der Waals surface area contributed by atoms with Crippen LogP contribution in [0.4, 0.5) is 10.1 Å². The number of alkyl halides is 1. The standard InChI is InChI=1S/C30H35FN6O4/c1-30(2,40)27(31)17-34-29(39)23-16-33-25(26-10-7-21-11-19(14-32)15-35-37(21)26)13-24(23)36-20-5-8-22(9-6-20)41-28(38)12-18-3-4-18/h7,10-11,13,15-16,18,20,22,27,40H,3-6,8-9,12,17H2,1-2H3,(H,33,36)(H,34,39)/t20?,22?,27-/m1/s1. The van der Waals surface area contributed by atoms with Gasteiger partial charge in [-0.15, -0.1) is 0 Å². The number of carbonyl (C=O) groups excluding carboxylic acids is 2. The van der Waals surface area contributed by atoms with Crippen molar-refractivity contribution < 1.29 is 23.8 Å². The Labute approximate surface area is 237 Å². The summed E-state index contributed by atoms with van der Waals surface area (Å²) in [6.07, 6.45) is 6.82. The van der Waals surface area contributed by atoms with Crippen LogP contribution in [0.2, 0.25) is 0 Å². The second kappa shape index (κ2) is 11.8. The smallest absolute Gasteiger partial charge is 0.306 e. The molecule has 1 atom stereocenters. The Morgan fingerprint density at radius 1 is 1.20 bits per heavy atom. The lowest BCUT2D eigenvalue weighted by Gasteiger charge is -2.30. The molecule has 216 valence electrons. The van der Waals surface area contributed by atoms with Gasteiger partial charge in [-0.05, 0) is 82.6 Å². The van der Waals surface area contributed by atoms with Gasteiger partial charge in [0.15, 0.2) is 0 Å². The van der Waals surface area contributed by atoms with Crippen LogP contribution in [-0.4, -0.2) is 62.0 Å². The molecule has 0 radical (unpaired) electrons. The van der Waals surface area contributed by atoms with Gasteiger partial charge >= 0.3 is 5.97 Å². The van der Waals surface area contributed by atoms with Gasteiger partial charge in [-0.2, -0.15) is 10.4 Å². The van der Waals surface area contributed by atoms with Crippen LogP contribution < -0.4 is 10.6 Å². The van der Waals surface area contributed by atoms with E-state index in [0.717, 1.165) is 44.0 Å². The lowest BCUT2D eigenvalue weighted by molar-refractivity contribution is -0.151. The summed E-state index contributed by atoms with van der Waals surface area (Å²) in [4.78, 5) is 29.8. The molecule has 10 nitrogen and oxygen atoms in total. The molecule has 5 rings (SSSR count). The number of aromatic nitrogens is 3. The van der Waals surface area contributed by atoms with Crippen LogP contribution in [0.15, 0.2) is 36.7 Å². The van der Waals surface area contributed by atoms with Crippen molar-refractivity contribution in [3.05, 3.63) is 47.8 Å². The van der Waals surface area contributed by atoms with E-state index in [-0.39, 0.29) is 30.2 Å². The molecule has 2 aliphatic carbocycles. The zero-order valence-electron chi connectivity index (χ0n) is 23.3. The van der Waals surface area contributed by atoms with Gasteiger partial charge in [0, 0.05) is 18.7 Å². The van der Waals surface area contributed by atoms with Gasteiger partial charge < -0.3 is 20.5 Å². The number of nitrogens with one attached hydrogen (secondary N) is 2. The molecule has 0 aliphatic heterocycles. The highest BCUT2D eigenvalue weighted by Crippen LogP contribution is 2.34. The van der Waals surface area contributed by atoms with E-state index in [1.165, 1.54) is 26.2 Å². The first kappa shape index (κ1) is 28.5. The Morgan fingerprint density at radius 2 is 1.95 bits per heavy atom. The maximum absolute atomic E-state index is 14.4. The minimum atomic E-state index is -1.65. The summed E-state index contributed by atoms with van der Waals surface area (Å²) >= 11 is 0. The minimum absolute atomic E-state index is 0.0286. The predicted molar refractivity (Wildman–Crippen MR) is 150 cm³/mol.